The molecular weight excluding hydrogens is 338 g/mol. The summed E-state index contributed by atoms with van der Waals surface area (Å²) in [5.41, 5.74) is 1.71. The molecular formula is C16H23BrClNO. The third kappa shape index (κ3) is 2.28. The van der Waals surface area contributed by atoms with Crippen molar-refractivity contribution in [2.75, 3.05) is 14.2 Å². The van der Waals surface area contributed by atoms with Gasteiger partial charge in [0.15, 0.2) is 0 Å². The van der Waals surface area contributed by atoms with E-state index in [-0.39, 0.29) is 6.04 Å². The van der Waals surface area contributed by atoms with Gasteiger partial charge in [-0.15, -0.1) is 0 Å². The van der Waals surface area contributed by atoms with Gasteiger partial charge < -0.3 is 10.1 Å². The van der Waals surface area contributed by atoms with Crippen LogP contribution in [0, 0.1) is 16.7 Å². The minimum Gasteiger partial charge on any atom is -0.495 e. The van der Waals surface area contributed by atoms with Crippen LogP contribution in [0.2, 0.25) is 5.02 Å². The Morgan fingerprint density at radius 3 is 2.20 bits per heavy atom. The van der Waals surface area contributed by atoms with E-state index in [1.807, 2.05) is 19.2 Å². The van der Waals surface area contributed by atoms with Gasteiger partial charge in [-0.1, -0.05) is 39.3 Å². The van der Waals surface area contributed by atoms with E-state index in [9.17, 15) is 0 Å². The maximum atomic E-state index is 6.23. The van der Waals surface area contributed by atoms with Gasteiger partial charge in [0.2, 0.25) is 0 Å². The van der Waals surface area contributed by atoms with E-state index in [1.54, 1.807) is 7.11 Å². The first-order chi connectivity index (χ1) is 9.18. The number of benzene rings is 1. The molecule has 20 heavy (non-hydrogen) atoms. The molecule has 1 fully saturated rings. The van der Waals surface area contributed by atoms with Gasteiger partial charge in [0, 0.05) is 16.6 Å². The van der Waals surface area contributed by atoms with Crippen LogP contribution in [0.3, 0.4) is 0 Å². The van der Waals surface area contributed by atoms with E-state index in [2.05, 4.69) is 48.9 Å². The second kappa shape index (κ2) is 5.19. The quantitative estimate of drug-likeness (QED) is 0.811. The van der Waals surface area contributed by atoms with Crippen LogP contribution in [-0.2, 0) is 0 Å². The standard InChI is InChI=1S/C16H23BrClNO/c1-15(2)14(16(15,3)4)12(19-5)10-7-9(18)8-11(17)13(10)20-6/h7-8,12,14,19H,1-6H3. The lowest BCUT2D eigenvalue weighted by Gasteiger charge is -2.22. The normalized spacial score (nSPS) is 21.6. The van der Waals surface area contributed by atoms with Gasteiger partial charge in [-0.2, -0.15) is 0 Å². The van der Waals surface area contributed by atoms with Gasteiger partial charge in [-0.25, -0.2) is 0 Å². The minimum absolute atomic E-state index is 0.227. The first-order valence-electron chi connectivity index (χ1n) is 6.88. The molecule has 0 radical (unpaired) electrons. The number of methoxy groups -OCH3 is 1. The molecule has 0 bridgehead atoms. The maximum Gasteiger partial charge on any atom is 0.137 e. The Morgan fingerprint density at radius 2 is 1.80 bits per heavy atom. The highest BCUT2D eigenvalue weighted by atomic mass is 79.9. The molecule has 1 unspecified atom stereocenters. The predicted molar refractivity (Wildman–Crippen MR) is 88.6 cm³/mol. The minimum atomic E-state index is 0.227. The highest BCUT2D eigenvalue weighted by Gasteiger charge is 2.67. The molecule has 1 N–H and O–H groups in total. The number of ether oxygens (including phenoxy) is 1. The molecule has 0 aromatic heterocycles. The van der Waals surface area contributed by atoms with E-state index in [1.165, 1.54) is 0 Å². The molecule has 2 rings (SSSR count). The lowest BCUT2D eigenvalue weighted by Crippen LogP contribution is -2.22. The average Bonchev–Trinajstić information content (AvgIpc) is 2.72. The van der Waals surface area contributed by atoms with Crippen molar-refractivity contribution < 1.29 is 4.74 Å². The second-order valence-electron chi connectivity index (χ2n) is 6.70. The van der Waals surface area contributed by atoms with E-state index >= 15 is 0 Å². The molecule has 4 heteroatoms. The number of rotatable bonds is 4. The fraction of sp³-hybridized carbons (Fsp3) is 0.625. The Balaban J connectivity index is 2.49. The van der Waals surface area contributed by atoms with E-state index in [0.717, 1.165) is 20.8 Å². The summed E-state index contributed by atoms with van der Waals surface area (Å²) in [7, 11) is 3.71. The average molecular weight is 361 g/mol. The zero-order valence-corrected chi connectivity index (χ0v) is 15.3. The fourth-order valence-corrected chi connectivity index (χ4v) is 4.61. The van der Waals surface area contributed by atoms with Crippen LogP contribution in [0.4, 0.5) is 0 Å². The molecule has 0 heterocycles. The summed E-state index contributed by atoms with van der Waals surface area (Å²) in [5, 5.41) is 4.19. The number of halogens is 2. The third-order valence-corrected chi connectivity index (χ3v) is 6.16. The van der Waals surface area contributed by atoms with Crippen molar-refractivity contribution in [3.63, 3.8) is 0 Å². The van der Waals surface area contributed by atoms with Crippen LogP contribution >= 0.6 is 27.5 Å². The highest BCUT2D eigenvalue weighted by Crippen LogP contribution is 2.72. The van der Waals surface area contributed by atoms with Gasteiger partial charge in [0.1, 0.15) is 5.75 Å². The number of hydrogen-bond acceptors (Lipinski definition) is 2. The summed E-state index contributed by atoms with van der Waals surface area (Å²) in [6.07, 6.45) is 0. The maximum absolute atomic E-state index is 6.23. The van der Waals surface area contributed by atoms with Crippen molar-refractivity contribution in [3.8, 4) is 5.75 Å². The van der Waals surface area contributed by atoms with Crippen molar-refractivity contribution in [3.05, 3.63) is 27.2 Å². The zero-order chi connectivity index (χ0) is 15.3. The Labute approximate surface area is 135 Å². The molecule has 0 amide bonds. The Hall–Kier alpha value is -0.250. The van der Waals surface area contributed by atoms with Crippen molar-refractivity contribution in [1.82, 2.24) is 5.32 Å². The number of nitrogens with one attached hydrogen (secondary N) is 1. The summed E-state index contributed by atoms with van der Waals surface area (Å²) in [4.78, 5) is 0. The van der Waals surface area contributed by atoms with Crippen LogP contribution < -0.4 is 10.1 Å². The first kappa shape index (κ1) is 16.1. The molecule has 0 saturated heterocycles. The molecule has 112 valence electrons. The first-order valence-corrected chi connectivity index (χ1v) is 8.05. The summed E-state index contributed by atoms with van der Waals surface area (Å²) in [6, 6.07) is 4.11. The molecule has 1 aliphatic carbocycles. The van der Waals surface area contributed by atoms with Crippen molar-refractivity contribution in [2.24, 2.45) is 16.7 Å². The lowest BCUT2D eigenvalue weighted by molar-refractivity contribution is 0.379. The second-order valence-corrected chi connectivity index (χ2v) is 7.99. The zero-order valence-electron chi connectivity index (χ0n) is 13.0. The molecule has 1 aromatic carbocycles. The smallest absolute Gasteiger partial charge is 0.137 e. The molecule has 1 atom stereocenters. The van der Waals surface area contributed by atoms with Crippen LogP contribution in [0.5, 0.6) is 5.75 Å². The summed E-state index contributed by atoms with van der Waals surface area (Å²) in [6.45, 7) is 9.31. The van der Waals surface area contributed by atoms with E-state index < -0.39 is 0 Å². The molecule has 0 spiro atoms. The lowest BCUT2D eigenvalue weighted by atomic mass is 9.96. The topological polar surface area (TPSA) is 21.3 Å². The Morgan fingerprint density at radius 1 is 1.25 bits per heavy atom. The number of hydrogen-bond donors (Lipinski definition) is 1. The molecule has 1 aromatic rings. The van der Waals surface area contributed by atoms with Gasteiger partial charge in [0.05, 0.1) is 11.6 Å². The fourth-order valence-electron chi connectivity index (χ4n) is 3.61. The molecule has 1 aliphatic rings. The largest absolute Gasteiger partial charge is 0.495 e. The van der Waals surface area contributed by atoms with Crippen LogP contribution in [0.25, 0.3) is 0 Å². The van der Waals surface area contributed by atoms with Gasteiger partial charge >= 0.3 is 0 Å². The van der Waals surface area contributed by atoms with E-state index in [0.29, 0.717) is 16.7 Å². The summed E-state index contributed by atoms with van der Waals surface area (Å²) < 4.78 is 6.48. The van der Waals surface area contributed by atoms with Crippen LogP contribution in [-0.4, -0.2) is 14.2 Å². The van der Waals surface area contributed by atoms with Gasteiger partial charge in [0.25, 0.3) is 0 Å². The van der Waals surface area contributed by atoms with Gasteiger partial charge in [-0.3, -0.25) is 0 Å². The van der Waals surface area contributed by atoms with Crippen LogP contribution in [0.15, 0.2) is 16.6 Å². The molecule has 2 nitrogen and oxygen atoms in total. The van der Waals surface area contributed by atoms with Gasteiger partial charge in [-0.05, 0) is 51.9 Å². The van der Waals surface area contributed by atoms with E-state index in [4.69, 9.17) is 16.3 Å². The Bertz CT molecular complexity index is 513. The third-order valence-electron chi connectivity index (χ3n) is 5.35. The van der Waals surface area contributed by atoms with Crippen molar-refractivity contribution in [2.45, 2.75) is 33.7 Å². The van der Waals surface area contributed by atoms with Crippen molar-refractivity contribution >= 4 is 27.5 Å². The highest BCUT2D eigenvalue weighted by molar-refractivity contribution is 9.10. The predicted octanol–water partition coefficient (Wildman–Crippen LogP) is 5.05. The summed E-state index contributed by atoms with van der Waals surface area (Å²) in [5.74, 6) is 1.41. The van der Waals surface area contributed by atoms with Crippen LogP contribution in [0.1, 0.15) is 39.3 Å². The van der Waals surface area contributed by atoms with Crippen molar-refractivity contribution in [1.29, 1.82) is 0 Å². The molecule has 1 saturated carbocycles. The monoisotopic (exact) mass is 359 g/mol. The molecule has 0 aliphatic heterocycles. The Kier molecular flexibility index (Phi) is 4.18. The summed E-state index contributed by atoms with van der Waals surface area (Å²) >= 11 is 9.78. The SMILES string of the molecule is CNC(c1cc(Cl)cc(Br)c1OC)C1C(C)(C)C1(C)C.